The molecule has 5 aromatic carbocycles. The highest BCUT2D eigenvalue weighted by Gasteiger charge is 2.18. The van der Waals surface area contributed by atoms with Crippen molar-refractivity contribution in [2.45, 2.75) is 32.4 Å². The Morgan fingerprint density at radius 1 is 0.758 bits per heavy atom. The minimum absolute atomic E-state index is 0.0385. The molecule has 13 heteroatoms. The van der Waals surface area contributed by atoms with Gasteiger partial charge in [-0.2, -0.15) is 0 Å². The minimum Gasteiger partial charge on any atom is -0.507 e. The molecule has 0 aliphatic rings. The number of phenolic OH excluding ortho intramolecular Hbond substituents is 1. The molecule has 0 saturated carbocycles. The first-order chi connectivity index (χ1) is 30.4. The number of benzene rings is 5. The van der Waals surface area contributed by atoms with Crippen LogP contribution in [0.5, 0.6) is 23.0 Å². The third-order valence-electron chi connectivity index (χ3n) is 9.65. The molecular weight excluding hydrogens is 794 g/mol. The average Bonchev–Trinajstić information content (AvgIpc) is 3.75. The second-order valence-corrected chi connectivity index (χ2v) is 14.2. The number of phenols is 1. The summed E-state index contributed by atoms with van der Waals surface area (Å²) in [6, 6.07) is 34.7. The molecule has 7 aromatic rings. The standard InChI is InChI=1S/C49H46FN3O9/c50-38-18-23-42(45(55)32-38)44(54)24-15-35-13-19-40(20-14-35)59-26-7-6-10-39-33-53(52-51-39)25-27-57-28-29-58-30-31-60-41-21-16-37(17-22-41)48-49(61-34-36-8-2-1-3-9-36)47(56)43-11-4-5-12-46(43)62-48/h1-5,8-9,11-24,32-33,55H,6-7,10,25-31,34H2/b24-15+. The molecule has 0 spiro atoms. The van der Waals surface area contributed by atoms with Gasteiger partial charge in [0.05, 0.1) is 56.2 Å². The molecule has 12 nitrogen and oxygen atoms in total. The van der Waals surface area contributed by atoms with Gasteiger partial charge in [0, 0.05) is 17.8 Å². The summed E-state index contributed by atoms with van der Waals surface area (Å²) in [7, 11) is 0. The van der Waals surface area contributed by atoms with Gasteiger partial charge in [-0.3, -0.25) is 9.59 Å². The van der Waals surface area contributed by atoms with Crippen molar-refractivity contribution in [3.8, 4) is 34.3 Å². The lowest BCUT2D eigenvalue weighted by atomic mass is 10.1. The van der Waals surface area contributed by atoms with Gasteiger partial charge in [0.25, 0.3) is 0 Å². The quantitative estimate of drug-likeness (QED) is 0.0375. The summed E-state index contributed by atoms with van der Waals surface area (Å²) in [6.07, 6.45) is 7.39. The van der Waals surface area contributed by atoms with Gasteiger partial charge in [0.2, 0.25) is 11.2 Å². The van der Waals surface area contributed by atoms with E-state index in [4.69, 9.17) is 28.1 Å². The maximum absolute atomic E-state index is 13.4. The summed E-state index contributed by atoms with van der Waals surface area (Å²) < 4.78 is 50.3. The van der Waals surface area contributed by atoms with E-state index in [9.17, 15) is 19.1 Å². The van der Waals surface area contributed by atoms with Crippen LogP contribution in [0.2, 0.25) is 0 Å². The Balaban J connectivity index is 0.738. The Bertz CT molecular complexity index is 2610. The molecule has 2 aromatic heterocycles. The Morgan fingerprint density at radius 2 is 1.47 bits per heavy atom. The topological polar surface area (TPSA) is 144 Å². The number of nitrogens with zero attached hydrogens (tertiary/aromatic N) is 3. The summed E-state index contributed by atoms with van der Waals surface area (Å²) in [5, 5.41) is 18.7. The van der Waals surface area contributed by atoms with Crippen molar-refractivity contribution >= 4 is 22.8 Å². The first-order valence-electron chi connectivity index (χ1n) is 20.3. The van der Waals surface area contributed by atoms with Crippen LogP contribution in [0.3, 0.4) is 0 Å². The highest BCUT2D eigenvalue weighted by atomic mass is 19.1. The summed E-state index contributed by atoms with van der Waals surface area (Å²) in [6.45, 7) is 3.43. The molecule has 0 amide bonds. The van der Waals surface area contributed by atoms with Crippen LogP contribution in [0.1, 0.15) is 40.0 Å². The van der Waals surface area contributed by atoms with E-state index in [1.54, 1.807) is 29.0 Å². The molecule has 318 valence electrons. The average molecular weight is 840 g/mol. The van der Waals surface area contributed by atoms with Gasteiger partial charge in [-0.1, -0.05) is 65.9 Å². The lowest BCUT2D eigenvalue weighted by Gasteiger charge is -2.12. The number of unbranched alkanes of at least 4 members (excludes halogenated alkanes) is 1. The van der Waals surface area contributed by atoms with Crippen LogP contribution in [0.15, 0.2) is 143 Å². The number of hydrogen-bond acceptors (Lipinski definition) is 11. The van der Waals surface area contributed by atoms with Crippen LogP contribution < -0.4 is 19.6 Å². The summed E-state index contributed by atoms with van der Waals surface area (Å²) in [5.41, 5.74) is 3.63. The zero-order chi connectivity index (χ0) is 42.9. The molecule has 7 rings (SSSR count). The third kappa shape index (κ3) is 12.2. The number of allylic oxidation sites excluding steroid dienone is 1. The van der Waals surface area contributed by atoms with Crippen molar-refractivity contribution < 1.29 is 42.4 Å². The van der Waals surface area contributed by atoms with E-state index in [2.05, 4.69) is 10.3 Å². The van der Waals surface area contributed by atoms with Gasteiger partial charge in [-0.15, -0.1) is 5.10 Å². The van der Waals surface area contributed by atoms with E-state index < -0.39 is 17.3 Å². The molecule has 0 radical (unpaired) electrons. The molecule has 62 heavy (non-hydrogen) atoms. The highest BCUT2D eigenvalue weighted by molar-refractivity contribution is 6.08. The zero-order valence-corrected chi connectivity index (χ0v) is 34.0. The highest BCUT2D eigenvalue weighted by Crippen LogP contribution is 2.32. The molecule has 0 unspecified atom stereocenters. The normalized spacial score (nSPS) is 11.3. The fourth-order valence-electron chi connectivity index (χ4n) is 6.39. The van der Waals surface area contributed by atoms with Crippen LogP contribution >= 0.6 is 0 Å². The van der Waals surface area contributed by atoms with E-state index in [0.717, 1.165) is 48.2 Å². The summed E-state index contributed by atoms with van der Waals surface area (Å²) >= 11 is 0. The largest absolute Gasteiger partial charge is 0.507 e. The Hall–Kier alpha value is -7.09. The van der Waals surface area contributed by atoms with Crippen molar-refractivity contribution in [3.05, 3.63) is 172 Å². The van der Waals surface area contributed by atoms with Crippen LogP contribution in [-0.4, -0.2) is 65.5 Å². The SMILES string of the molecule is O=C(/C=C/c1ccc(OCCCCc2cn(CCOCCOCCOc3ccc(-c4oc5ccccc5c(=O)c4OCc4ccccc4)cc3)nn2)cc1)c1ccc(F)cc1O. The number of carbonyl (C=O) groups is 1. The van der Waals surface area contributed by atoms with E-state index in [1.165, 1.54) is 12.1 Å². The second kappa shape index (κ2) is 22.0. The van der Waals surface area contributed by atoms with Crippen molar-refractivity contribution in [2.24, 2.45) is 0 Å². The molecule has 2 heterocycles. The van der Waals surface area contributed by atoms with Crippen LogP contribution in [0.4, 0.5) is 4.39 Å². The number of carbonyl (C=O) groups excluding carboxylic acids is 1. The van der Waals surface area contributed by atoms with E-state index in [-0.39, 0.29) is 23.3 Å². The maximum Gasteiger partial charge on any atom is 0.235 e. The van der Waals surface area contributed by atoms with Gasteiger partial charge in [-0.25, -0.2) is 9.07 Å². The van der Waals surface area contributed by atoms with Crippen molar-refractivity contribution in [1.82, 2.24) is 15.0 Å². The Kier molecular flexibility index (Phi) is 15.2. The number of hydrogen-bond donors (Lipinski definition) is 1. The Morgan fingerprint density at radius 3 is 2.26 bits per heavy atom. The monoisotopic (exact) mass is 839 g/mol. The number of para-hydroxylation sites is 1. The number of ether oxygens (including phenoxy) is 5. The van der Waals surface area contributed by atoms with Crippen molar-refractivity contribution in [2.75, 3.05) is 39.6 Å². The zero-order valence-electron chi connectivity index (χ0n) is 34.0. The molecular formula is C49H46FN3O9. The summed E-state index contributed by atoms with van der Waals surface area (Å²) in [4.78, 5) is 25.8. The molecule has 1 N–H and O–H groups in total. The molecule has 0 bridgehead atoms. The molecule has 0 aliphatic heterocycles. The van der Waals surface area contributed by atoms with Crippen LogP contribution in [0.25, 0.3) is 28.4 Å². The number of aryl methyl sites for hydroxylation is 1. The van der Waals surface area contributed by atoms with Crippen LogP contribution in [0, 0.1) is 5.82 Å². The Labute approximate surface area is 357 Å². The first kappa shape index (κ1) is 43.0. The summed E-state index contributed by atoms with van der Waals surface area (Å²) in [5.74, 6) is 0.478. The predicted molar refractivity (Wildman–Crippen MR) is 232 cm³/mol. The van der Waals surface area contributed by atoms with Gasteiger partial charge >= 0.3 is 0 Å². The smallest absolute Gasteiger partial charge is 0.235 e. The fraction of sp³-hybridized carbons (Fsp3) is 0.224. The fourth-order valence-corrected chi connectivity index (χ4v) is 6.39. The number of aromatic hydroxyl groups is 1. The van der Waals surface area contributed by atoms with Gasteiger partial charge in [0.15, 0.2) is 11.5 Å². The van der Waals surface area contributed by atoms with E-state index >= 15 is 0 Å². The first-order valence-corrected chi connectivity index (χ1v) is 20.3. The molecule has 0 saturated heterocycles. The lowest BCUT2D eigenvalue weighted by molar-refractivity contribution is 0.0333. The number of halogens is 1. The minimum atomic E-state index is -0.607. The predicted octanol–water partition coefficient (Wildman–Crippen LogP) is 8.89. The van der Waals surface area contributed by atoms with Crippen LogP contribution in [-0.2, 0) is 29.0 Å². The molecule has 0 fully saturated rings. The number of rotatable bonds is 23. The van der Waals surface area contributed by atoms with Crippen molar-refractivity contribution in [1.29, 1.82) is 0 Å². The van der Waals surface area contributed by atoms with E-state index in [1.807, 2.05) is 91.1 Å². The molecule has 0 atom stereocenters. The number of aromatic nitrogens is 3. The molecule has 0 aliphatic carbocycles. The van der Waals surface area contributed by atoms with Gasteiger partial charge in [-0.05, 0) is 97.1 Å². The van der Waals surface area contributed by atoms with Gasteiger partial charge in [0.1, 0.15) is 41.9 Å². The van der Waals surface area contributed by atoms with Gasteiger partial charge < -0.3 is 33.2 Å². The number of ketones is 1. The maximum atomic E-state index is 13.4. The second-order valence-electron chi connectivity index (χ2n) is 14.2. The lowest BCUT2D eigenvalue weighted by Crippen LogP contribution is -2.13. The number of fused-ring (bicyclic) bond motifs is 1. The van der Waals surface area contributed by atoms with E-state index in [0.29, 0.717) is 80.0 Å². The van der Waals surface area contributed by atoms with Crippen molar-refractivity contribution in [3.63, 3.8) is 0 Å². The third-order valence-corrected chi connectivity index (χ3v) is 9.65.